The highest BCUT2D eigenvalue weighted by Gasteiger charge is 2.22. The molecule has 0 aliphatic carbocycles. The van der Waals surface area contributed by atoms with E-state index in [0.29, 0.717) is 0 Å². The summed E-state index contributed by atoms with van der Waals surface area (Å²) < 4.78 is 5.34. The summed E-state index contributed by atoms with van der Waals surface area (Å²) in [4.78, 5) is 0. The van der Waals surface area contributed by atoms with Crippen molar-refractivity contribution < 1.29 is 0 Å². The van der Waals surface area contributed by atoms with Crippen molar-refractivity contribution in [2.45, 2.75) is 0 Å². The lowest BCUT2D eigenvalue weighted by molar-refractivity contribution is 1.69. The molecule has 0 spiro atoms. The van der Waals surface area contributed by atoms with E-state index >= 15 is 0 Å². The van der Waals surface area contributed by atoms with Gasteiger partial charge in [0.15, 0.2) is 0 Å². The first kappa shape index (κ1) is 30.7. The summed E-state index contributed by atoms with van der Waals surface area (Å²) >= 11 is 3.81. The molecule has 0 unspecified atom stereocenters. The Hall–Kier alpha value is -6.58. The van der Waals surface area contributed by atoms with Crippen LogP contribution in [0.3, 0.4) is 0 Å². The van der Waals surface area contributed by atoms with E-state index in [9.17, 15) is 0 Å². The van der Waals surface area contributed by atoms with Gasteiger partial charge in [-0.3, -0.25) is 0 Å². The molecule has 56 heavy (non-hydrogen) atoms. The Morgan fingerprint density at radius 2 is 0.696 bits per heavy atom. The second-order valence-electron chi connectivity index (χ2n) is 15.1. The maximum atomic E-state index is 2.51. The lowest BCUT2D eigenvalue weighted by atomic mass is 9.83. The smallest absolute Gasteiger partial charge is 0.0434 e. The van der Waals surface area contributed by atoms with Crippen LogP contribution in [0.2, 0.25) is 0 Å². The topological polar surface area (TPSA) is 0 Å². The molecule has 0 fully saturated rings. The fraction of sp³-hybridized carbons (Fsp3) is 0. The molecule has 258 valence electrons. The van der Waals surface area contributed by atoms with Crippen molar-refractivity contribution in [1.29, 1.82) is 0 Å². The van der Waals surface area contributed by atoms with Gasteiger partial charge in [0.25, 0.3) is 0 Å². The van der Waals surface area contributed by atoms with Gasteiger partial charge in [-0.25, -0.2) is 0 Å². The third kappa shape index (κ3) is 4.18. The maximum Gasteiger partial charge on any atom is 0.0434 e. The normalized spacial score (nSPS) is 12.3. The summed E-state index contributed by atoms with van der Waals surface area (Å²) in [6.07, 6.45) is 0. The third-order valence-electron chi connectivity index (χ3n) is 12.2. The molecule has 0 saturated heterocycles. The van der Waals surface area contributed by atoms with Crippen LogP contribution in [0.5, 0.6) is 0 Å². The lowest BCUT2D eigenvalue weighted by Crippen LogP contribution is -1.93. The Kier molecular flexibility index (Phi) is 6.29. The Balaban J connectivity index is 1.21. The van der Waals surface area contributed by atoms with E-state index in [-0.39, 0.29) is 0 Å². The summed E-state index contributed by atoms with van der Waals surface area (Å²) in [5.41, 5.74) is 7.71. The molecule has 0 amide bonds. The van der Waals surface area contributed by atoms with Crippen molar-refractivity contribution in [3.63, 3.8) is 0 Å². The molecular weight excluding hydrogens is 713 g/mol. The summed E-state index contributed by atoms with van der Waals surface area (Å²) in [7, 11) is 0. The van der Waals surface area contributed by atoms with E-state index in [1.165, 1.54) is 128 Å². The van der Waals surface area contributed by atoms with Crippen molar-refractivity contribution in [2.75, 3.05) is 0 Å². The molecule has 0 bridgehead atoms. The summed E-state index contributed by atoms with van der Waals surface area (Å²) in [5.74, 6) is 0. The van der Waals surface area contributed by atoms with E-state index in [1.807, 2.05) is 22.7 Å². The quantitative estimate of drug-likeness (QED) is 0.125. The van der Waals surface area contributed by atoms with Gasteiger partial charge in [0.05, 0.1) is 0 Å². The van der Waals surface area contributed by atoms with E-state index in [1.54, 1.807) is 0 Å². The monoisotopic (exact) mass is 742 g/mol. The van der Waals surface area contributed by atoms with Gasteiger partial charge in [-0.15, -0.1) is 22.7 Å². The second kappa shape index (κ2) is 11.5. The first-order chi connectivity index (χ1) is 27.8. The van der Waals surface area contributed by atoms with Gasteiger partial charge in [-0.05, 0) is 100 Å². The summed E-state index contributed by atoms with van der Waals surface area (Å²) in [5, 5.41) is 18.3. The predicted octanol–water partition coefficient (Wildman–Crippen LogP) is 16.6. The molecule has 0 nitrogen and oxygen atoms in total. The van der Waals surface area contributed by atoms with Crippen LogP contribution in [-0.4, -0.2) is 0 Å². The standard InChI is InChI=1S/C54H30S2/c1-3-25-48-36(14-1)43-23-9-21-41(53(43)55-48)34-16-7-19-38-45(34)30-46-35(42-22-10-24-44-37-15-2-4-26-49(37)56-54(42)44)17-8-20-39(46)52(38)47-29-33-13-5-11-31-27-28-32-12-6-18-40(47)51(32)50(31)33/h1-30H. The average molecular weight is 743 g/mol. The SMILES string of the molecule is c1cc2ccc3cccc4c(-c5c6cccc(-c7cccc8c7sc7ccccc78)c6cc6c(-c7cccc8c7sc7ccccc78)cccc56)cc(c1)c2c34. The van der Waals surface area contributed by atoms with Crippen LogP contribution in [0.4, 0.5) is 0 Å². The Morgan fingerprint density at radius 3 is 1.30 bits per heavy atom. The molecule has 2 aromatic heterocycles. The van der Waals surface area contributed by atoms with Gasteiger partial charge in [0, 0.05) is 51.5 Å². The number of hydrogen-bond donors (Lipinski definition) is 0. The Bertz CT molecular complexity index is 3590. The van der Waals surface area contributed by atoms with Crippen LogP contribution in [0, 0.1) is 0 Å². The van der Waals surface area contributed by atoms with E-state index < -0.39 is 0 Å². The number of fused-ring (bicyclic) bond motifs is 8. The second-order valence-corrected chi connectivity index (χ2v) is 17.2. The Morgan fingerprint density at radius 1 is 0.250 bits per heavy atom. The molecule has 0 aliphatic heterocycles. The largest absolute Gasteiger partial charge is 0.135 e. The molecule has 0 N–H and O–H groups in total. The molecule has 11 aromatic carbocycles. The fourth-order valence-electron chi connectivity index (χ4n) is 9.81. The summed E-state index contributed by atoms with van der Waals surface area (Å²) in [6, 6.07) is 68.5. The highest BCUT2D eigenvalue weighted by Crippen LogP contribution is 2.50. The molecule has 13 rings (SSSR count). The minimum Gasteiger partial charge on any atom is -0.135 e. The predicted molar refractivity (Wildman–Crippen MR) is 247 cm³/mol. The highest BCUT2D eigenvalue weighted by molar-refractivity contribution is 7.26. The van der Waals surface area contributed by atoms with Gasteiger partial charge in [-0.1, -0.05) is 158 Å². The lowest BCUT2D eigenvalue weighted by Gasteiger charge is -2.20. The third-order valence-corrected chi connectivity index (χ3v) is 14.6. The maximum absolute atomic E-state index is 2.51. The van der Waals surface area contributed by atoms with Gasteiger partial charge in [0.2, 0.25) is 0 Å². The van der Waals surface area contributed by atoms with Gasteiger partial charge >= 0.3 is 0 Å². The molecular formula is C54H30S2. The zero-order valence-electron chi connectivity index (χ0n) is 30.1. The van der Waals surface area contributed by atoms with Crippen LogP contribution < -0.4 is 0 Å². The van der Waals surface area contributed by atoms with Gasteiger partial charge in [0.1, 0.15) is 0 Å². The van der Waals surface area contributed by atoms with Crippen molar-refractivity contribution in [1.82, 2.24) is 0 Å². The molecule has 0 saturated carbocycles. The van der Waals surface area contributed by atoms with Crippen molar-refractivity contribution in [2.24, 2.45) is 0 Å². The van der Waals surface area contributed by atoms with Crippen LogP contribution in [0.15, 0.2) is 182 Å². The fourth-order valence-corrected chi connectivity index (χ4v) is 12.3. The van der Waals surface area contributed by atoms with E-state index in [2.05, 4.69) is 182 Å². The molecule has 0 atom stereocenters. The first-order valence-corrected chi connectivity index (χ1v) is 20.9. The molecule has 0 radical (unpaired) electrons. The van der Waals surface area contributed by atoms with Crippen LogP contribution >= 0.6 is 22.7 Å². The van der Waals surface area contributed by atoms with E-state index in [0.717, 1.165) is 0 Å². The first-order valence-electron chi connectivity index (χ1n) is 19.3. The molecule has 2 heteroatoms. The van der Waals surface area contributed by atoms with Crippen molar-refractivity contribution >= 4 is 117 Å². The van der Waals surface area contributed by atoms with Crippen molar-refractivity contribution in [3.05, 3.63) is 182 Å². The minimum absolute atomic E-state index is 1.27. The number of rotatable bonds is 3. The van der Waals surface area contributed by atoms with Crippen LogP contribution in [-0.2, 0) is 0 Å². The van der Waals surface area contributed by atoms with Crippen molar-refractivity contribution in [3.8, 4) is 33.4 Å². The van der Waals surface area contributed by atoms with Crippen LogP contribution in [0.1, 0.15) is 0 Å². The molecule has 2 heterocycles. The molecule has 0 aliphatic rings. The minimum atomic E-state index is 1.27. The summed E-state index contributed by atoms with van der Waals surface area (Å²) in [6.45, 7) is 0. The number of thiophene rings is 2. The van der Waals surface area contributed by atoms with Crippen LogP contribution in [0.25, 0.3) is 128 Å². The highest BCUT2D eigenvalue weighted by atomic mass is 32.1. The zero-order chi connectivity index (χ0) is 36.5. The number of benzene rings is 11. The van der Waals surface area contributed by atoms with Gasteiger partial charge < -0.3 is 0 Å². The van der Waals surface area contributed by atoms with Gasteiger partial charge in [-0.2, -0.15) is 0 Å². The average Bonchev–Trinajstić information content (AvgIpc) is 3.83. The molecule has 13 aromatic rings. The number of hydrogen-bond acceptors (Lipinski definition) is 2. The van der Waals surface area contributed by atoms with E-state index in [4.69, 9.17) is 0 Å². The Labute approximate surface area is 330 Å². The zero-order valence-corrected chi connectivity index (χ0v) is 31.8.